The third-order valence-electron chi connectivity index (χ3n) is 8.54. The van der Waals surface area contributed by atoms with E-state index < -0.39 is 10.0 Å². The molecule has 5 fully saturated rings. The number of amides is 2. The second kappa shape index (κ2) is 7.47. The molecule has 7 nitrogen and oxygen atoms in total. The Morgan fingerprint density at radius 2 is 1.60 bits per heavy atom. The summed E-state index contributed by atoms with van der Waals surface area (Å²) in [6.45, 7) is 4.39. The van der Waals surface area contributed by atoms with Crippen molar-refractivity contribution in [2.45, 2.75) is 89.4 Å². The van der Waals surface area contributed by atoms with Gasteiger partial charge >= 0.3 is 0 Å². The highest BCUT2D eigenvalue weighted by Crippen LogP contribution is 2.46. The minimum atomic E-state index is -3.09. The van der Waals surface area contributed by atoms with Crippen LogP contribution in [0, 0.1) is 23.7 Å². The quantitative estimate of drug-likeness (QED) is 0.713. The monoisotopic (exact) mass is 437 g/mol. The second-order valence-electron chi connectivity index (χ2n) is 10.6. The van der Waals surface area contributed by atoms with Crippen LogP contribution in [-0.4, -0.2) is 66.5 Å². The minimum absolute atomic E-state index is 0.0770. The predicted octanol–water partition coefficient (Wildman–Crippen LogP) is 1.73. The molecule has 3 aliphatic carbocycles. The standard InChI is InChI=1S/C22H35N3O4S/c1-13-11-24(22(27)15-3-4-15)21-10-17(6-8-20(21)25(13)14(2)26)16-5-7-19-18(9-16)12-30(28,29)23-19/h13,15-21,23H,3-12H2,1-2H3/t13-,16?,17?,18?,19?,20?,21?/m0/s1. The number of piperazine rings is 1. The Morgan fingerprint density at radius 1 is 0.900 bits per heavy atom. The summed E-state index contributed by atoms with van der Waals surface area (Å²) in [5, 5.41) is 0. The first-order valence-corrected chi connectivity index (χ1v) is 13.5. The van der Waals surface area contributed by atoms with Gasteiger partial charge in [-0.25, -0.2) is 13.1 Å². The molecule has 2 aliphatic heterocycles. The fourth-order valence-electron chi connectivity index (χ4n) is 7.08. The van der Waals surface area contributed by atoms with Crippen molar-refractivity contribution in [1.29, 1.82) is 0 Å². The highest BCUT2D eigenvalue weighted by molar-refractivity contribution is 7.89. The zero-order chi connectivity index (χ0) is 21.2. The van der Waals surface area contributed by atoms with Gasteiger partial charge in [0, 0.05) is 31.5 Å². The third kappa shape index (κ3) is 3.68. The molecule has 0 bridgehead atoms. The molecule has 2 heterocycles. The van der Waals surface area contributed by atoms with E-state index in [1.165, 1.54) is 0 Å². The molecule has 3 saturated carbocycles. The van der Waals surface area contributed by atoms with Gasteiger partial charge in [0.2, 0.25) is 21.8 Å². The molecule has 0 aromatic carbocycles. The van der Waals surface area contributed by atoms with Gasteiger partial charge in [0.15, 0.2) is 0 Å². The van der Waals surface area contributed by atoms with E-state index in [1.807, 2.05) is 4.90 Å². The number of hydrogen-bond acceptors (Lipinski definition) is 4. The lowest BCUT2D eigenvalue weighted by Gasteiger charge is -2.55. The highest BCUT2D eigenvalue weighted by Gasteiger charge is 2.50. The normalized spacial score (nSPS) is 43.1. The molecular formula is C22H35N3O4S. The number of hydrogen-bond donors (Lipinski definition) is 1. The number of nitrogens with zero attached hydrogens (tertiary/aromatic N) is 2. The van der Waals surface area contributed by atoms with Gasteiger partial charge in [-0.3, -0.25) is 9.59 Å². The highest BCUT2D eigenvalue weighted by atomic mass is 32.2. The van der Waals surface area contributed by atoms with Gasteiger partial charge in [-0.2, -0.15) is 0 Å². The Hall–Kier alpha value is -1.15. The molecule has 0 aromatic rings. The van der Waals surface area contributed by atoms with Crippen LogP contribution in [0.2, 0.25) is 0 Å². The summed E-state index contributed by atoms with van der Waals surface area (Å²) in [7, 11) is -3.09. The first-order chi connectivity index (χ1) is 14.2. The molecule has 2 amide bonds. The maximum atomic E-state index is 13.1. The summed E-state index contributed by atoms with van der Waals surface area (Å²) in [6.07, 6.45) is 7.97. The van der Waals surface area contributed by atoms with E-state index in [1.54, 1.807) is 6.92 Å². The maximum Gasteiger partial charge on any atom is 0.226 e. The molecule has 0 spiro atoms. The van der Waals surface area contributed by atoms with E-state index in [0.717, 1.165) is 51.4 Å². The number of carbonyl (C=O) groups is 2. The number of carbonyl (C=O) groups excluding carboxylic acids is 2. The van der Waals surface area contributed by atoms with E-state index in [-0.39, 0.29) is 47.7 Å². The van der Waals surface area contributed by atoms with Crippen LogP contribution in [-0.2, 0) is 19.6 Å². The van der Waals surface area contributed by atoms with Crippen molar-refractivity contribution in [1.82, 2.24) is 14.5 Å². The lowest BCUT2D eigenvalue weighted by atomic mass is 9.67. The van der Waals surface area contributed by atoms with E-state index in [2.05, 4.69) is 16.5 Å². The van der Waals surface area contributed by atoms with Gasteiger partial charge < -0.3 is 9.80 Å². The van der Waals surface area contributed by atoms with Crippen LogP contribution in [0.1, 0.15) is 65.2 Å². The molecule has 8 heteroatoms. The first kappa shape index (κ1) is 20.7. The zero-order valence-electron chi connectivity index (χ0n) is 18.1. The Labute approximate surface area is 180 Å². The van der Waals surface area contributed by atoms with Crippen molar-refractivity contribution in [2.75, 3.05) is 12.3 Å². The SMILES string of the molecule is CC(=O)N1C2CCC(C3CCC4NS(=O)(=O)CC4C3)CC2N(C(=O)C2CC2)C[C@@H]1C. The Bertz CT molecular complexity index is 826. The Balaban J connectivity index is 1.33. The summed E-state index contributed by atoms with van der Waals surface area (Å²) >= 11 is 0. The molecule has 168 valence electrons. The van der Waals surface area contributed by atoms with Crippen LogP contribution < -0.4 is 4.72 Å². The van der Waals surface area contributed by atoms with Crippen molar-refractivity contribution >= 4 is 21.8 Å². The summed E-state index contributed by atoms with van der Waals surface area (Å²) < 4.78 is 26.8. The molecule has 0 aromatic heterocycles. The molecule has 5 aliphatic rings. The van der Waals surface area contributed by atoms with Crippen molar-refractivity contribution < 1.29 is 18.0 Å². The van der Waals surface area contributed by atoms with Gasteiger partial charge in [0.05, 0.1) is 17.8 Å². The molecule has 1 N–H and O–H groups in total. The van der Waals surface area contributed by atoms with Gasteiger partial charge in [0.1, 0.15) is 0 Å². The van der Waals surface area contributed by atoms with E-state index in [4.69, 9.17) is 0 Å². The Kier molecular flexibility index (Phi) is 5.16. The topological polar surface area (TPSA) is 86.8 Å². The number of fused-ring (bicyclic) bond motifs is 2. The van der Waals surface area contributed by atoms with E-state index >= 15 is 0 Å². The first-order valence-electron chi connectivity index (χ1n) is 11.8. The largest absolute Gasteiger partial charge is 0.335 e. The van der Waals surface area contributed by atoms with Crippen LogP contribution in [0.3, 0.4) is 0 Å². The van der Waals surface area contributed by atoms with Crippen LogP contribution in [0.4, 0.5) is 0 Å². The van der Waals surface area contributed by atoms with Crippen LogP contribution in [0.15, 0.2) is 0 Å². The third-order valence-corrected chi connectivity index (χ3v) is 10.1. The second-order valence-corrected chi connectivity index (χ2v) is 12.4. The van der Waals surface area contributed by atoms with Crippen molar-refractivity contribution in [2.24, 2.45) is 23.7 Å². The lowest BCUT2D eigenvalue weighted by Crippen LogP contribution is -2.67. The van der Waals surface area contributed by atoms with E-state index in [0.29, 0.717) is 24.3 Å². The molecule has 0 radical (unpaired) electrons. The van der Waals surface area contributed by atoms with Crippen LogP contribution in [0.5, 0.6) is 0 Å². The smallest absolute Gasteiger partial charge is 0.226 e. The summed E-state index contributed by atoms with van der Waals surface area (Å²) in [5.41, 5.74) is 0. The summed E-state index contributed by atoms with van der Waals surface area (Å²) in [6, 6.07) is 0.461. The van der Waals surface area contributed by atoms with Gasteiger partial charge in [-0.15, -0.1) is 0 Å². The van der Waals surface area contributed by atoms with Crippen molar-refractivity contribution in [3.05, 3.63) is 0 Å². The molecule has 2 saturated heterocycles. The predicted molar refractivity (Wildman–Crippen MR) is 113 cm³/mol. The van der Waals surface area contributed by atoms with Gasteiger partial charge in [-0.1, -0.05) is 0 Å². The molecular weight excluding hydrogens is 402 g/mol. The van der Waals surface area contributed by atoms with Crippen LogP contribution in [0.25, 0.3) is 0 Å². The van der Waals surface area contributed by atoms with Gasteiger partial charge in [0.25, 0.3) is 0 Å². The molecule has 5 rings (SSSR count). The minimum Gasteiger partial charge on any atom is -0.335 e. The van der Waals surface area contributed by atoms with Gasteiger partial charge in [-0.05, 0) is 76.0 Å². The molecule has 7 atom stereocenters. The summed E-state index contributed by atoms with van der Waals surface area (Å²) in [5.74, 6) is 2.18. The number of rotatable bonds is 2. The van der Waals surface area contributed by atoms with Crippen LogP contribution >= 0.6 is 0 Å². The average molecular weight is 438 g/mol. The lowest BCUT2D eigenvalue weighted by molar-refractivity contribution is -0.155. The van der Waals surface area contributed by atoms with Crippen molar-refractivity contribution in [3.63, 3.8) is 0 Å². The fourth-order valence-corrected chi connectivity index (χ4v) is 8.88. The molecule has 30 heavy (non-hydrogen) atoms. The number of nitrogens with one attached hydrogen (secondary N) is 1. The zero-order valence-corrected chi connectivity index (χ0v) is 18.9. The number of sulfonamides is 1. The summed E-state index contributed by atoms with van der Waals surface area (Å²) in [4.78, 5) is 29.7. The van der Waals surface area contributed by atoms with Crippen molar-refractivity contribution in [3.8, 4) is 0 Å². The fraction of sp³-hybridized carbons (Fsp3) is 0.909. The average Bonchev–Trinajstić information content (AvgIpc) is 3.47. The van der Waals surface area contributed by atoms with E-state index in [9.17, 15) is 18.0 Å². The molecule has 6 unspecified atom stereocenters. The maximum absolute atomic E-state index is 13.1. The Morgan fingerprint density at radius 3 is 2.30 bits per heavy atom.